The number of pyridine rings is 1. The van der Waals surface area contributed by atoms with Crippen LogP contribution in [0.15, 0.2) is 42.7 Å². The van der Waals surface area contributed by atoms with E-state index in [1.165, 1.54) is 6.21 Å². The van der Waals surface area contributed by atoms with Gasteiger partial charge in [0.25, 0.3) is 0 Å². The summed E-state index contributed by atoms with van der Waals surface area (Å²) < 4.78 is 10.6. The van der Waals surface area contributed by atoms with Gasteiger partial charge in [0.05, 0.1) is 26.1 Å². The molecule has 0 aliphatic heterocycles. The highest BCUT2D eigenvalue weighted by molar-refractivity contribution is 6.07. The predicted octanol–water partition coefficient (Wildman–Crippen LogP) is 3.00. The lowest BCUT2D eigenvalue weighted by molar-refractivity contribution is 0.395. The van der Waals surface area contributed by atoms with Crippen molar-refractivity contribution in [2.45, 2.75) is 0 Å². The van der Waals surface area contributed by atoms with Gasteiger partial charge in [-0.15, -0.1) is 0 Å². The first-order valence-electron chi connectivity index (χ1n) is 8.19. The average molecular weight is 364 g/mol. The van der Waals surface area contributed by atoms with Crippen LogP contribution in [0.25, 0.3) is 16.7 Å². The summed E-state index contributed by atoms with van der Waals surface area (Å²) in [5.74, 6) is 1.96. The number of rotatable bonds is 7. The Labute approximate surface area is 156 Å². The van der Waals surface area contributed by atoms with Gasteiger partial charge in [-0.3, -0.25) is 4.98 Å². The van der Waals surface area contributed by atoms with E-state index in [9.17, 15) is 0 Å². The van der Waals surface area contributed by atoms with Crippen molar-refractivity contribution in [1.82, 2.24) is 20.3 Å². The number of nitrogens with one attached hydrogen (secondary N) is 3. The molecule has 2 aromatic heterocycles. The second kappa shape index (κ2) is 8.13. The Morgan fingerprint density at radius 3 is 2.44 bits per heavy atom. The molecule has 27 heavy (non-hydrogen) atoms. The molecule has 1 aromatic carbocycles. The summed E-state index contributed by atoms with van der Waals surface area (Å²) in [5.41, 5.74) is 3.11. The summed E-state index contributed by atoms with van der Waals surface area (Å²) in [6.07, 6.45) is 4.53. The lowest BCUT2D eigenvalue weighted by atomic mass is 10.2. The number of anilines is 2. The first kappa shape index (κ1) is 18.1. The van der Waals surface area contributed by atoms with Gasteiger partial charge in [-0.05, 0) is 12.1 Å². The first-order chi connectivity index (χ1) is 13.2. The van der Waals surface area contributed by atoms with E-state index in [0.29, 0.717) is 39.7 Å². The molecular formula is C19H20N6O2. The Morgan fingerprint density at radius 2 is 1.81 bits per heavy atom. The molecule has 3 N–H and O–H groups in total. The first-order valence-corrected chi connectivity index (χ1v) is 8.19. The fraction of sp³-hybridized carbons (Fsp3) is 0.158. The van der Waals surface area contributed by atoms with Crippen LogP contribution >= 0.6 is 0 Å². The molecule has 0 saturated carbocycles. The minimum absolute atomic E-state index is 0.483. The molecule has 0 aliphatic rings. The third kappa shape index (κ3) is 4.12. The van der Waals surface area contributed by atoms with E-state index in [1.54, 1.807) is 39.7 Å². The predicted molar refractivity (Wildman–Crippen MR) is 106 cm³/mol. The average Bonchev–Trinajstić information content (AvgIpc) is 2.71. The maximum absolute atomic E-state index is 7.52. The zero-order chi connectivity index (χ0) is 19.2. The SMILES string of the molecule is CN/C=C(\C=N)c1cnc2ccc(Nc3cc(OC)cc(OC)c3)nc2n1. The highest BCUT2D eigenvalue weighted by Crippen LogP contribution is 2.28. The molecule has 0 aliphatic carbocycles. The number of fused-ring (bicyclic) bond motifs is 1. The van der Waals surface area contributed by atoms with Crippen LogP contribution in [-0.2, 0) is 0 Å². The van der Waals surface area contributed by atoms with Crippen LogP contribution in [0.2, 0.25) is 0 Å². The van der Waals surface area contributed by atoms with Crippen LogP contribution < -0.4 is 20.1 Å². The number of benzene rings is 1. The second-order valence-corrected chi connectivity index (χ2v) is 5.55. The van der Waals surface area contributed by atoms with E-state index in [-0.39, 0.29) is 0 Å². The Kier molecular flexibility index (Phi) is 5.46. The zero-order valence-electron chi connectivity index (χ0n) is 15.3. The minimum Gasteiger partial charge on any atom is -0.497 e. The number of hydrogen-bond donors (Lipinski definition) is 3. The fourth-order valence-electron chi connectivity index (χ4n) is 2.48. The van der Waals surface area contributed by atoms with Crippen molar-refractivity contribution in [3.05, 3.63) is 48.4 Å². The second-order valence-electron chi connectivity index (χ2n) is 5.55. The highest BCUT2D eigenvalue weighted by atomic mass is 16.5. The summed E-state index contributed by atoms with van der Waals surface area (Å²) in [7, 11) is 4.97. The molecule has 0 unspecified atom stereocenters. The standard InChI is InChI=1S/C19H20N6O2/c1-21-10-12(9-20)17-11-22-16-4-5-18(25-19(16)24-17)23-13-6-14(26-2)8-15(7-13)27-3/h4-11,20-21H,1-3H3,(H,23,24,25)/b12-10+,20-9?. The van der Waals surface area contributed by atoms with E-state index in [4.69, 9.17) is 14.9 Å². The van der Waals surface area contributed by atoms with Crippen LogP contribution in [0.5, 0.6) is 11.5 Å². The van der Waals surface area contributed by atoms with E-state index >= 15 is 0 Å². The molecule has 3 aromatic rings. The van der Waals surface area contributed by atoms with Gasteiger partial charge >= 0.3 is 0 Å². The Balaban J connectivity index is 1.96. The van der Waals surface area contributed by atoms with Crippen LogP contribution in [0.1, 0.15) is 5.69 Å². The van der Waals surface area contributed by atoms with Gasteiger partial charge in [0, 0.05) is 48.9 Å². The number of aromatic nitrogens is 3. The van der Waals surface area contributed by atoms with Gasteiger partial charge in [0.2, 0.25) is 0 Å². The normalized spacial score (nSPS) is 11.1. The smallest absolute Gasteiger partial charge is 0.180 e. The molecule has 2 heterocycles. The maximum atomic E-state index is 7.52. The third-order valence-electron chi connectivity index (χ3n) is 3.78. The number of nitrogens with zero attached hydrogens (tertiary/aromatic N) is 3. The lowest BCUT2D eigenvalue weighted by Crippen LogP contribution is -2.01. The summed E-state index contributed by atoms with van der Waals surface area (Å²) in [4.78, 5) is 13.4. The van der Waals surface area contributed by atoms with Crippen molar-refractivity contribution in [2.24, 2.45) is 0 Å². The van der Waals surface area contributed by atoms with Gasteiger partial charge < -0.3 is 25.5 Å². The van der Waals surface area contributed by atoms with Crippen molar-refractivity contribution < 1.29 is 9.47 Å². The van der Waals surface area contributed by atoms with Gasteiger partial charge in [0.1, 0.15) is 22.8 Å². The van der Waals surface area contributed by atoms with E-state index < -0.39 is 0 Å². The summed E-state index contributed by atoms with van der Waals surface area (Å²) in [5, 5.41) is 13.6. The van der Waals surface area contributed by atoms with Crippen molar-refractivity contribution in [1.29, 1.82) is 5.41 Å². The van der Waals surface area contributed by atoms with Gasteiger partial charge in [-0.25, -0.2) is 9.97 Å². The molecule has 8 nitrogen and oxygen atoms in total. The molecule has 0 saturated heterocycles. The molecule has 3 rings (SSSR count). The molecule has 8 heteroatoms. The summed E-state index contributed by atoms with van der Waals surface area (Å²) in [6, 6.07) is 9.15. The number of hydrogen-bond acceptors (Lipinski definition) is 8. The number of ether oxygens (including phenoxy) is 2. The fourth-order valence-corrected chi connectivity index (χ4v) is 2.48. The maximum Gasteiger partial charge on any atom is 0.180 e. The van der Waals surface area contributed by atoms with E-state index in [2.05, 4.69) is 25.6 Å². The minimum atomic E-state index is 0.483. The Hall–Kier alpha value is -3.68. The molecule has 0 bridgehead atoms. The lowest BCUT2D eigenvalue weighted by Gasteiger charge is -2.10. The number of allylic oxidation sites excluding steroid dienone is 1. The molecule has 0 fully saturated rings. The van der Waals surface area contributed by atoms with E-state index in [1.807, 2.05) is 24.3 Å². The topological polar surface area (TPSA) is 105 Å². The Bertz CT molecular complexity index is 980. The van der Waals surface area contributed by atoms with Crippen molar-refractivity contribution in [2.75, 3.05) is 26.6 Å². The molecule has 0 amide bonds. The molecule has 0 atom stereocenters. The van der Waals surface area contributed by atoms with Gasteiger partial charge in [-0.2, -0.15) is 0 Å². The van der Waals surface area contributed by atoms with Crippen LogP contribution in [0.3, 0.4) is 0 Å². The molecular weight excluding hydrogens is 344 g/mol. The largest absolute Gasteiger partial charge is 0.497 e. The van der Waals surface area contributed by atoms with E-state index in [0.717, 1.165) is 5.69 Å². The van der Waals surface area contributed by atoms with Crippen LogP contribution in [0, 0.1) is 5.41 Å². The van der Waals surface area contributed by atoms with Crippen molar-refractivity contribution in [3.8, 4) is 11.5 Å². The monoisotopic (exact) mass is 364 g/mol. The zero-order valence-corrected chi connectivity index (χ0v) is 15.3. The van der Waals surface area contributed by atoms with Crippen molar-refractivity contribution >= 4 is 34.5 Å². The highest BCUT2D eigenvalue weighted by Gasteiger charge is 2.07. The van der Waals surface area contributed by atoms with Crippen LogP contribution in [0.4, 0.5) is 11.5 Å². The third-order valence-corrected chi connectivity index (χ3v) is 3.78. The van der Waals surface area contributed by atoms with Crippen LogP contribution in [-0.4, -0.2) is 42.4 Å². The summed E-state index contributed by atoms with van der Waals surface area (Å²) >= 11 is 0. The molecule has 0 spiro atoms. The molecule has 0 radical (unpaired) electrons. The van der Waals surface area contributed by atoms with Gasteiger partial charge in [-0.1, -0.05) is 0 Å². The van der Waals surface area contributed by atoms with Gasteiger partial charge in [0.15, 0.2) is 5.65 Å². The quantitative estimate of drug-likeness (QED) is 0.554. The Morgan fingerprint density at radius 1 is 1.07 bits per heavy atom. The molecule has 138 valence electrons. The summed E-state index contributed by atoms with van der Waals surface area (Å²) in [6.45, 7) is 0. The van der Waals surface area contributed by atoms with Crippen molar-refractivity contribution in [3.63, 3.8) is 0 Å². The number of methoxy groups -OCH3 is 2.